The monoisotopic (exact) mass is 510 g/mol. The molecule has 4 heterocycles. The van der Waals surface area contributed by atoms with Crippen molar-refractivity contribution in [1.29, 1.82) is 5.26 Å². The van der Waals surface area contributed by atoms with Crippen molar-refractivity contribution in [2.24, 2.45) is 7.05 Å². The molecule has 1 atom stereocenters. The average molecular weight is 510 g/mol. The molecule has 1 saturated heterocycles. The van der Waals surface area contributed by atoms with E-state index in [1.165, 1.54) is 0 Å². The first-order valence-electron chi connectivity index (χ1n) is 8.77. The van der Waals surface area contributed by atoms with Crippen LogP contribution in [-0.2, 0) is 7.05 Å². The summed E-state index contributed by atoms with van der Waals surface area (Å²) in [5, 5.41) is 12.6. The van der Waals surface area contributed by atoms with Crippen molar-refractivity contribution < 1.29 is 8.78 Å². The minimum atomic E-state index is -2.71. The molecule has 8 nitrogen and oxygen atoms in total. The zero-order chi connectivity index (χ0) is 20.9. The van der Waals surface area contributed by atoms with Gasteiger partial charge in [0.1, 0.15) is 17.5 Å². The van der Waals surface area contributed by atoms with Crippen molar-refractivity contribution in [2.75, 3.05) is 29.0 Å². The highest BCUT2D eigenvalue weighted by Crippen LogP contribution is 2.38. The number of nitrogens with two attached hydrogens (primary N) is 1. The van der Waals surface area contributed by atoms with Gasteiger partial charge in [0, 0.05) is 35.8 Å². The molecule has 1 fully saturated rings. The van der Waals surface area contributed by atoms with Crippen LogP contribution in [0.25, 0.3) is 11.0 Å². The number of aromatic nitrogens is 4. The standard InChI is InChI=1S/C18H17F2IN8/c1-9(24-16-10(6-22)15(23)26-17(21)27-16)14-13(29-7-18(19,20)8-29)5-12-11(25-14)3-4-28(12)2/h3-5,9H,7-8H2,1-2H3,(H3,23,24,26,27)/t9-/m0/s1. The lowest BCUT2D eigenvalue weighted by atomic mass is 10.1. The smallest absolute Gasteiger partial charge is 0.282 e. The lowest BCUT2D eigenvalue weighted by Gasteiger charge is -2.41. The first kappa shape index (κ1) is 19.6. The third-order valence-corrected chi connectivity index (χ3v) is 5.33. The number of nitrogens with zero attached hydrogens (tertiary/aromatic N) is 6. The van der Waals surface area contributed by atoms with Crippen LogP contribution in [0.4, 0.5) is 26.1 Å². The fraction of sp³-hybridized carbons (Fsp3) is 0.333. The lowest BCUT2D eigenvalue weighted by Crippen LogP contribution is -2.56. The fourth-order valence-electron chi connectivity index (χ4n) is 3.38. The molecular formula is C18H17F2IN8. The van der Waals surface area contributed by atoms with Crippen LogP contribution in [0.2, 0.25) is 0 Å². The quantitative estimate of drug-likeness (QED) is 0.410. The first-order valence-corrected chi connectivity index (χ1v) is 9.85. The summed E-state index contributed by atoms with van der Waals surface area (Å²) >= 11 is 1.91. The van der Waals surface area contributed by atoms with Gasteiger partial charge in [0.25, 0.3) is 5.92 Å². The Balaban J connectivity index is 1.76. The molecule has 0 aromatic carbocycles. The van der Waals surface area contributed by atoms with Crippen LogP contribution in [-0.4, -0.2) is 38.5 Å². The summed E-state index contributed by atoms with van der Waals surface area (Å²) in [6.07, 6.45) is 1.87. The van der Waals surface area contributed by atoms with Crippen molar-refractivity contribution in [3.8, 4) is 6.07 Å². The Bertz CT molecular complexity index is 1140. The summed E-state index contributed by atoms with van der Waals surface area (Å²) in [4.78, 5) is 14.6. The minimum absolute atomic E-state index is 0.0793. The summed E-state index contributed by atoms with van der Waals surface area (Å²) in [7, 11) is 1.88. The van der Waals surface area contributed by atoms with Crippen molar-refractivity contribution in [3.63, 3.8) is 0 Å². The van der Waals surface area contributed by atoms with E-state index in [9.17, 15) is 14.0 Å². The van der Waals surface area contributed by atoms with Gasteiger partial charge in [0.2, 0.25) is 0 Å². The highest BCUT2D eigenvalue weighted by Gasteiger charge is 2.45. The Labute approximate surface area is 178 Å². The molecule has 0 saturated carbocycles. The van der Waals surface area contributed by atoms with Gasteiger partial charge >= 0.3 is 0 Å². The molecular weight excluding hydrogens is 493 g/mol. The van der Waals surface area contributed by atoms with Gasteiger partial charge in [0.15, 0.2) is 9.65 Å². The molecule has 0 radical (unpaired) electrons. The second kappa shape index (κ2) is 6.94. The molecule has 3 N–H and O–H groups in total. The Morgan fingerprint density at radius 2 is 2.07 bits per heavy atom. The molecule has 3 aromatic rings. The molecule has 3 aromatic heterocycles. The van der Waals surface area contributed by atoms with Crippen molar-refractivity contribution >= 4 is 50.9 Å². The average Bonchev–Trinajstić information content (AvgIpc) is 2.98. The van der Waals surface area contributed by atoms with E-state index in [-0.39, 0.29) is 30.3 Å². The van der Waals surface area contributed by atoms with Gasteiger partial charge < -0.3 is 20.5 Å². The van der Waals surface area contributed by atoms with Crippen LogP contribution in [0, 0.1) is 15.2 Å². The Morgan fingerprint density at radius 1 is 1.34 bits per heavy atom. The van der Waals surface area contributed by atoms with E-state index in [0.717, 1.165) is 11.0 Å². The first-order chi connectivity index (χ1) is 13.7. The van der Waals surface area contributed by atoms with Gasteiger partial charge in [-0.15, -0.1) is 0 Å². The van der Waals surface area contributed by atoms with Crippen LogP contribution < -0.4 is 16.0 Å². The summed E-state index contributed by atoms with van der Waals surface area (Å²) in [5.74, 6) is -2.34. The number of hydrogen-bond donors (Lipinski definition) is 2. The zero-order valence-corrected chi connectivity index (χ0v) is 17.8. The van der Waals surface area contributed by atoms with Crippen LogP contribution in [0.3, 0.4) is 0 Å². The van der Waals surface area contributed by atoms with Crippen LogP contribution in [0.15, 0.2) is 18.3 Å². The molecule has 11 heteroatoms. The largest absolute Gasteiger partial charge is 0.382 e. The van der Waals surface area contributed by atoms with Gasteiger partial charge in [-0.2, -0.15) is 5.26 Å². The SMILES string of the molecule is C[C@H](Nc1nc(I)nc(N)c1C#N)c1nc2ccn(C)c2cc1N1CC(F)(F)C1. The summed E-state index contributed by atoms with van der Waals surface area (Å²) in [6, 6.07) is 5.32. The number of nitrogen functional groups attached to an aromatic ring is 1. The molecule has 29 heavy (non-hydrogen) atoms. The van der Waals surface area contributed by atoms with E-state index in [0.29, 0.717) is 15.2 Å². The number of halogens is 3. The van der Waals surface area contributed by atoms with Crippen molar-refractivity contribution in [3.05, 3.63) is 33.4 Å². The summed E-state index contributed by atoms with van der Waals surface area (Å²) < 4.78 is 29.3. The molecule has 1 aliphatic rings. The van der Waals surface area contributed by atoms with Gasteiger partial charge in [-0.05, 0) is 19.1 Å². The van der Waals surface area contributed by atoms with Gasteiger partial charge in [-0.3, -0.25) is 0 Å². The summed E-state index contributed by atoms with van der Waals surface area (Å²) in [5.41, 5.74) is 8.79. The van der Waals surface area contributed by atoms with E-state index in [2.05, 4.69) is 15.3 Å². The topological polar surface area (TPSA) is 109 Å². The van der Waals surface area contributed by atoms with Gasteiger partial charge in [0.05, 0.1) is 41.5 Å². The van der Waals surface area contributed by atoms with Gasteiger partial charge in [-0.25, -0.2) is 23.7 Å². The number of hydrogen-bond acceptors (Lipinski definition) is 7. The van der Waals surface area contributed by atoms with E-state index in [1.807, 2.05) is 65.5 Å². The Morgan fingerprint density at radius 3 is 2.72 bits per heavy atom. The predicted molar refractivity (Wildman–Crippen MR) is 114 cm³/mol. The highest BCUT2D eigenvalue weighted by atomic mass is 127. The van der Waals surface area contributed by atoms with Crippen LogP contribution in [0.1, 0.15) is 24.2 Å². The van der Waals surface area contributed by atoms with Gasteiger partial charge in [-0.1, -0.05) is 0 Å². The second-order valence-corrected chi connectivity index (χ2v) is 7.98. The fourth-order valence-corrected chi connectivity index (χ4v) is 3.88. The third-order valence-electron chi connectivity index (χ3n) is 4.85. The maximum atomic E-state index is 13.5. The molecule has 0 amide bonds. The number of aryl methyl sites for hydroxylation is 1. The minimum Gasteiger partial charge on any atom is -0.382 e. The molecule has 0 aliphatic carbocycles. The number of anilines is 3. The third kappa shape index (κ3) is 3.52. The number of fused-ring (bicyclic) bond motifs is 1. The molecule has 4 rings (SSSR count). The highest BCUT2D eigenvalue weighted by molar-refractivity contribution is 14.1. The zero-order valence-electron chi connectivity index (χ0n) is 15.6. The Hall–Kier alpha value is -2.75. The molecule has 0 unspecified atom stereocenters. The van der Waals surface area contributed by atoms with Crippen molar-refractivity contribution in [2.45, 2.75) is 18.9 Å². The number of rotatable bonds is 4. The molecule has 0 spiro atoms. The number of nitriles is 1. The molecule has 0 bridgehead atoms. The molecule has 150 valence electrons. The van der Waals surface area contributed by atoms with Crippen LogP contribution in [0.5, 0.6) is 0 Å². The number of alkyl halides is 2. The number of nitrogens with one attached hydrogen (secondary N) is 1. The molecule has 1 aliphatic heterocycles. The van der Waals surface area contributed by atoms with E-state index in [1.54, 1.807) is 4.90 Å². The summed E-state index contributed by atoms with van der Waals surface area (Å²) in [6.45, 7) is 1.13. The second-order valence-electron chi connectivity index (χ2n) is 7.02. The number of pyridine rings is 1. The Kier molecular flexibility index (Phi) is 4.68. The maximum absolute atomic E-state index is 13.5. The van der Waals surface area contributed by atoms with E-state index < -0.39 is 12.0 Å². The van der Waals surface area contributed by atoms with Crippen molar-refractivity contribution in [1.82, 2.24) is 19.5 Å². The van der Waals surface area contributed by atoms with Crippen LogP contribution >= 0.6 is 22.6 Å². The lowest BCUT2D eigenvalue weighted by molar-refractivity contribution is -0.0263. The van der Waals surface area contributed by atoms with E-state index >= 15 is 0 Å². The predicted octanol–water partition coefficient (Wildman–Crippen LogP) is 3.05. The maximum Gasteiger partial charge on any atom is 0.282 e. The van der Waals surface area contributed by atoms with E-state index in [4.69, 9.17) is 10.7 Å². The normalized spacial score (nSPS) is 16.3.